The van der Waals surface area contributed by atoms with Crippen molar-refractivity contribution in [2.45, 2.75) is 19.8 Å². The number of carbonyl (C=O) groups excluding carboxylic acids is 1. The third-order valence-electron chi connectivity index (χ3n) is 4.99. The van der Waals surface area contributed by atoms with Crippen LogP contribution in [-0.4, -0.2) is 55.0 Å². The number of hydrogen-bond acceptors (Lipinski definition) is 5. The molecule has 1 saturated heterocycles. The molecule has 0 saturated carbocycles. The number of likely N-dealkylation sites (tertiary alicyclic amines) is 1. The van der Waals surface area contributed by atoms with Gasteiger partial charge in [-0.1, -0.05) is 11.3 Å². The fraction of sp³-hybridized carbons (Fsp3) is 0.316. The van der Waals surface area contributed by atoms with Gasteiger partial charge in [-0.3, -0.25) is 14.6 Å². The lowest BCUT2D eigenvalue weighted by atomic mass is 9.98. The van der Waals surface area contributed by atoms with E-state index in [0.717, 1.165) is 16.6 Å². The molecule has 8 heteroatoms. The van der Waals surface area contributed by atoms with E-state index in [4.69, 9.17) is 0 Å². The summed E-state index contributed by atoms with van der Waals surface area (Å²) in [6, 6.07) is 9.55. The minimum Gasteiger partial charge on any atom is -0.481 e. The van der Waals surface area contributed by atoms with Crippen LogP contribution >= 0.6 is 0 Å². The molecule has 1 aromatic carbocycles. The summed E-state index contributed by atoms with van der Waals surface area (Å²) in [6.45, 7) is 2.54. The highest BCUT2D eigenvalue weighted by atomic mass is 16.4. The molecule has 0 unspecified atom stereocenters. The van der Waals surface area contributed by atoms with E-state index in [2.05, 4.69) is 15.3 Å². The number of benzene rings is 1. The van der Waals surface area contributed by atoms with E-state index >= 15 is 0 Å². The zero-order chi connectivity index (χ0) is 19.0. The smallest absolute Gasteiger partial charge is 0.308 e. The maximum atomic E-state index is 12.9. The van der Waals surface area contributed by atoms with Crippen LogP contribution < -0.4 is 0 Å². The van der Waals surface area contributed by atoms with E-state index in [1.54, 1.807) is 22.7 Å². The number of piperidine rings is 1. The van der Waals surface area contributed by atoms with E-state index in [1.165, 1.54) is 0 Å². The summed E-state index contributed by atoms with van der Waals surface area (Å²) in [5, 5.41) is 18.4. The molecule has 2 aromatic heterocycles. The third-order valence-corrected chi connectivity index (χ3v) is 4.99. The Morgan fingerprint density at radius 1 is 1.26 bits per heavy atom. The number of carbonyl (C=O) groups is 2. The minimum atomic E-state index is -0.863. The lowest BCUT2D eigenvalue weighted by Crippen LogP contribution is -2.42. The van der Waals surface area contributed by atoms with Crippen LogP contribution in [-0.2, 0) is 4.79 Å². The maximum absolute atomic E-state index is 12.9. The van der Waals surface area contributed by atoms with Crippen LogP contribution in [0.1, 0.15) is 29.0 Å². The standard InChI is InChI=1S/C19H19N5O3/c1-12-17(18(25)23-9-3-5-14(11-23)19(26)27)21-22-24(12)15-6-7-16-13(10-15)4-2-8-20-16/h2,4,6-8,10,14H,3,5,9,11H2,1H3,(H,26,27)/t14-/m0/s1. The van der Waals surface area contributed by atoms with Gasteiger partial charge in [-0.25, -0.2) is 4.68 Å². The highest BCUT2D eigenvalue weighted by Crippen LogP contribution is 2.21. The van der Waals surface area contributed by atoms with Gasteiger partial charge in [-0.2, -0.15) is 0 Å². The Labute approximate surface area is 155 Å². The first-order valence-corrected chi connectivity index (χ1v) is 8.84. The average molecular weight is 365 g/mol. The number of carboxylic acids is 1. The molecule has 138 valence electrons. The number of aromatic nitrogens is 4. The van der Waals surface area contributed by atoms with Crippen LogP contribution in [0.15, 0.2) is 36.5 Å². The first-order valence-electron chi connectivity index (χ1n) is 8.84. The normalized spacial score (nSPS) is 17.2. The SMILES string of the molecule is Cc1c(C(=O)N2CCC[C@H](C(=O)O)C2)nnn1-c1ccc2ncccc2c1. The van der Waals surface area contributed by atoms with Gasteiger partial charge in [-0.15, -0.1) is 5.10 Å². The number of rotatable bonds is 3. The van der Waals surface area contributed by atoms with Crippen molar-refractivity contribution >= 4 is 22.8 Å². The number of carboxylic acid groups (broad SMARTS) is 1. The van der Waals surface area contributed by atoms with E-state index in [0.29, 0.717) is 25.1 Å². The van der Waals surface area contributed by atoms with Crippen LogP contribution in [0.25, 0.3) is 16.6 Å². The molecule has 1 N–H and O–H groups in total. The monoisotopic (exact) mass is 365 g/mol. The molecule has 0 bridgehead atoms. The number of nitrogens with zero attached hydrogens (tertiary/aromatic N) is 5. The first kappa shape index (κ1) is 17.1. The van der Waals surface area contributed by atoms with E-state index < -0.39 is 11.9 Å². The van der Waals surface area contributed by atoms with Gasteiger partial charge in [0.2, 0.25) is 0 Å². The van der Waals surface area contributed by atoms with Crippen LogP contribution in [0.4, 0.5) is 0 Å². The van der Waals surface area contributed by atoms with E-state index in [9.17, 15) is 14.7 Å². The summed E-state index contributed by atoms with van der Waals surface area (Å²) in [6.07, 6.45) is 3.01. The molecule has 1 atom stereocenters. The molecule has 1 aliphatic heterocycles. The summed E-state index contributed by atoms with van der Waals surface area (Å²) in [5.74, 6) is -1.66. The first-order chi connectivity index (χ1) is 13.0. The molecule has 0 spiro atoms. The highest BCUT2D eigenvalue weighted by Gasteiger charge is 2.31. The highest BCUT2D eigenvalue weighted by molar-refractivity contribution is 5.93. The van der Waals surface area contributed by atoms with Gasteiger partial charge < -0.3 is 10.0 Å². The number of pyridine rings is 1. The van der Waals surface area contributed by atoms with Crippen LogP contribution in [0.3, 0.4) is 0 Å². The van der Waals surface area contributed by atoms with Gasteiger partial charge in [-0.05, 0) is 44.0 Å². The maximum Gasteiger partial charge on any atom is 0.308 e. The number of hydrogen-bond donors (Lipinski definition) is 1. The van der Waals surface area contributed by atoms with Crippen LogP contribution in [0.2, 0.25) is 0 Å². The molecular weight excluding hydrogens is 346 g/mol. The van der Waals surface area contributed by atoms with E-state index in [1.807, 2.05) is 30.3 Å². The Hall–Kier alpha value is -3.29. The summed E-state index contributed by atoms with van der Waals surface area (Å²) >= 11 is 0. The van der Waals surface area contributed by atoms with Crippen LogP contribution in [0, 0.1) is 12.8 Å². The van der Waals surface area contributed by atoms with Crippen LogP contribution in [0.5, 0.6) is 0 Å². The third kappa shape index (κ3) is 3.14. The minimum absolute atomic E-state index is 0.210. The lowest BCUT2D eigenvalue weighted by Gasteiger charge is -2.30. The molecular formula is C19H19N5O3. The average Bonchev–Trinajstić information content (AvgIpc) is 3.08. The largest absolute Gasteiger partial charge is 0.481 e. The number of aliphatic carboxylic acids is 1. The number of amides is 1. The second kappa shape index (κ2) is 6.79. The Bertz CT molecular complexity index is 1030. The number of fused-ring (bicyclic) bond motifs is 1. The zero-order valence-corrected chi connectivity index (χ0v) is 14.9. The second-order valence-corrected chi connectivity index (χ2v) is 6.74. The Kier molecular flexibility index (Phi) is 4.31. The van der Waals surface area contributed by atoms with Crippen molar-refractivity contribution in [3.63, 3.8) is 0 Å². The summed E-state index contributed by atoms with van der Waals surface area (Å²) in [5.41, 5.74) is 2.55. The summed E-state index contributed by atoms with van der Waals surface area (Å²) < 4.78 is 1.62. The fourth-order valence-corrected chi connectivity index (χ4v) is 3.48. The summed E-state index contributed by atoms with van der Waals surface area (Å²) in [7, 11) is 0. The predicted octanol–water partition coefficient (Wildman–Crippen LogP) is 2.06. The van der Waals surface area contributed by atoms with Gasteiger partial charge in [0.15, 0.2) is 5.69 Å². The molecule has 0 radical (unpaired) electrons. The van der Waals surface area contributed by atoms with E-state index in [-0.39, 0.29) is 18.1 Å². The Morgan fingerprint density at radius 3 is 2.93 bits per heavy atom. The predicted molar refractivity (Wildman–Crippen MR) is 97.7 cm³/mol. The molecule has 1 amide bonds. The molecule has 1 fully saturated rings. The van der Waals surface area contributed by atoms with Crippen molar-refractivity contribution in [1.29, 1.82) is 0 Å². The Morgan fingerprint density at radius 2 is 2.11 bits per heavy atom. The van der Waals surface area contributed by atoms with Crippen molar-refractivity contribution < 1.29 is 14.7 Å². The zero-order valence-electron chi connectivity index (χ0n) is 14.9. The van der Waals surface area contributed by atoms with Gasteiger partial charge in [0, 0.05) is 24.7 Å². The van der Waals surface area contributed by atoms with Crippen molar-refractivity contribution in [3.8, 4) is 5.69 Å². The van der Waals surface area contributed by atoms with Gasteiger partial charge in [0.05, 0.1) is 22.8 Å². The van der Waals surface area contributed by atoms with Gasteiger partial charge >= 0.3 is 5.97 Å². The molecule has 3 aromatic rings. The lowest BCUT2D eigenvalue weighted by molar-refractivity contribution is -0.143. The molecule has 4 rings (SSSR count). The Balaban J connectivity index is 1.63. The second-order valence-electron chi connectivity index (χ2n) is 6.74. The summed E-state index contributed by atoms with van der Waals surface area (Å²) in [4.78, 5) is 30.0. The van der Waals surface area contributed by atoms with Crippen molar-refractivity contribution in [2.75, 3.05) is 13.1 Å². The molecule has 8 nitrogen and oxygen atoms in total. The molecule has 3 heterocycles. The van der Waals surface area contributed by atoms with Crippen molar-refractivity contribution in [2.24, 2.45) is 5.92 Å². The van der Waals surface area contributed by atoms with Crippen molar-refractivity contribution in [3.05, 3.63) is 47.9 Å². The molecule has 1 aliphatic rings. The molecule has 27 heavy (non-hydrogen) atoms. The van der Waals surface area contributed by atoms with Gasteiger partial charge in [0.1, 0.15) is 0 Å². The quantitative estimate of drug-likeness (QED) is 0.762. The van der Waals surface area contributed by atoms with Gasteiger partial charge in [0.25, 0.3) is 5.91 Å². The topological polar surface area (TPSA) is 101 Å². The molecule has 0 aliphatic carbocycles. The fourth-order valence-electron chi connectivity index (χ4n) is 3.48. The van der Waals surface area contributed by atoms with Crippen molar-refractivity contribution in [1.82, 2.24) is 24.9 Å².